The van der Waals surface area contributed by atoms with Gasteiger partial charge in [0.05, 0.1) is 6.04 Å². The van der Waals surface area contributed by atoms with E-state index >= 15 is 0 Å². The highest BCUT2D eigenvalue weighted by Crippen LogP contribution is 2.23. The van der Waals surface area contributed by atoms with Gasteiger partial charge in [-0.05, 0) is 37.1 Å². The molecule has 0 amide bonds. The summed E-state index contributed by atoms with van der Waals surface area (Å²) < 4.78 is 26.5. The number of rotatable bonds is 4. The van der Waals surface area contributed by atoms with E-state index in [1.807, 2.05) is 31.2 Å². The molecule has 0 aliphatic carbocycles. The molecule has 2 aromatic rings. The second-order valence-corrected chi connectivity index (χ2v) is 4.59. The quantitative estimate of drug-likeness (QED) is 0.841. The first-order chi connectivity index (χ1) is 9.10. The van der Waals surface area contributed by atoms with E-state index in [1.54, 1.807) is 0 Å². The molecule has 1 atom stereocenters. The summed E-state index contributed by atoms with van der Waals surface area (Å²) in [5.41, 5.74) is 2.62. The molecule has 2 rings (SSSR count). The van der Waals surface area contributed by atoms with E-state index in [1.165, 1.54) is 17.7 Å². The minimum atomic E-state index is -0.554. The Kier molecular flexibility index (Phi) is 4.15. The largest absolute Gasteiger partial charge is 0.378 e. The second-order valence-electron chi connectivity index (χ2n) is 4.59. The monoisotopic (exact) mass is 261 g/mol. The Bertz CT molecular complexity index is 566. The Labute approximate surface area is 112 Å². The summed E-state index contributed by atoms with van der Waals surface area (Å²) >= 11 is 0. The molecule has 1 nitrogen and oxygen atoms in total. The van der Waals surface area contributed by atoms with Gasteiger partial charge in [0.1, 0.15) is 11.6 Å². The summed E-state index contributed by atoms with van der Waals surface area (Å²) in [6, 6.07) is 11.5. The lowest BCUT2D eigenvalue weighted by Crippen LogP contribution is -2.09. The third-order valence-corrected chi connectivity index (χ3v) is 3.15. The van der Waals surface area contributed by atoms with Crippen molar-refractivity contribution >= 4 is 5.69 Å². The van der Waals surface area contributed by atoms with Crippen LogP contribution in [0.15, 0.2) is 42.5 Å². The average Bonchev–Trinajstić information content (AvgIpc) is 2.38. The molecule has 1 unspecified atom stereocenters. The Morgan fingerprint density at radius 2 is 1.89 bits per heavy atom. The van der Waals surface area contributed by atoms with Crippen molar-refractivity contribution < 1.29 is 8.78 Å². The molecular formula is C16H17F2N. The first kappa shape index (κ1) is 13.5. The van der Waals surface area contributed by atoms with Gasteiger partial charge in [-0.25, -0.2) is 8.78 Å². The van der Waals surface area contributed by atoms with Crippen molar-refractivity contribution in [3.63, 3.8) is 0 Å². The van der Waals surface area contributed by atoms with Crippen molar-refractivity contribution in [2.24, 2.45) is 0 Å². The van der Waals surface area contributed by atoms with Crippen molar-refractivity contribution in [3.05, 3.63) is 65.2 Å². The van der Waals surface area contributed by atoms with Crippen molar-refractivity contribution in [2.45, 2.75) is 26.3 Å². The van der Waals surface area contributed by atoms with Crippen molar-refractivity contribution in [2.75, 3.05) is 5.32 Å². The molecule has 19 heavy (non-hydrogen) atoms. The average molecular weight is 261 g/mol. The lowest BCUT2D eigenvalue weighted by Gasteiger charge is -2.17. The van der Waals surface area contributed by atoms with Crippen LogP contribution in [0.4, 0.5) is 14.5 Å². The van der Waals surface area contributed by atoms with Gasteiger partial charge in [-0.3, -0.25) is 0 Å². The van der Waals surface area contributed by atoms with Gasteiger partial charge in [0.15, 0.2) is 0 Å². The van der Waals surface area contributed by atoms with Gasteiger partial charge in [0.25, 0.3) is 0 Å². The SMILES string of the molecule is CCc1cccc(NC(C)c2ccc(F)cc2F)c1. The van der Waals surface area contributed by atoms with Crippen LogP contribution in [0.1, 0.15) is 31.0 Å². The molecule has 1 N–H and O–H groups in total. The fourth-order valence-corrected chi connectivity index (χ4v) is 2.06. The molecule has 0 fully saturated rings. The lowest BCUT2D eigenvalue weighted by atomic mass is 10.1. The van der Waals surface area contributed by atoms with Gasteiger partial charge in [0, 0.05) is 17.3 Å². The summed E-state index contributed by atoms with van der Waals surface area (Å²) in [5, 5.41) is 3.23. The van der Waals surface area contributed by atoms with E-state index in [9.17, 15) is 8.78 Å². The van der Waals surface area contributed by atoms with E-state index < -0.39 is 11.6 Å². The highest BCUT2D eigenvalue weighted by atomic mass is 19.1. The molecule has 0 bridgehead atoms. The minimum absolute atomic E-state index is 0.215. The molecule has 100 valence electrons. The number of anilines is 1. The third-order valence-electron chi connectivity index (χ3n) is 3.15. The standard InChI is InChI=1S/C16H17F2N/c1-3-12-5-4-6-14(9-12)19-11(2)15-8-7-13(17)10-16(15)18/h4-11,19H,3H2,1-2H3. The predicted molar refractivity (Wildman–Crippen MR) is 74.2 cm³/mol. The van der Waals surface area contributed by atoms with E-state index in [-0.39, 0.29) is 6.04 Å². The molecule has 2 aromatic carbocycles. The van der Waals surface area contributed by atoms with Crippen LogP contribution in [-0.4, -0.2) is 0 Å². The zero-order valence-electron chi connectivity index (χ0n) is 11.1. The molecule has 0 radical (unpaired) electrons. The number of hydrogen-bond acceptors (Lipinski definition) is 1. The molecule has 0 aromatic heterocycles. The lowest BCUT2D eigenvalue weighted by molar-refractivity contribution is 0.566. The fraction of sp³-hybridized carbons (Fsp3) is 0.250. The summed E-state index contributed by atoms with van der Waals surface area (Å²) in [4.78, 5) is 0. The van der Waals surface area contributed by atoms with Crippen LogP contribution in [0.3, 0.4) is 0 Å². The van der Waals surface area contributed by atoms with E-state index in [0.29, 0.717) is 5.56 Å². The molecule has 3 heteroatoms. The molecule has 0 saturated carbocycles. The van der Waals surface area contributed by atoms with Gasteiger partial charge in [-0.2, -0.15) is 0 Å². The van der Waals surface area contributed by atoms with Crippen LogP contribution in [0.2, 0.25) is 0 Å². The Morgan fingerprint density at radius 3 is 2.58 bits per heavy atom. The summed E-state index contributed by atoms with van der Waals surface area (Å²) in [6.07, 6.45) is 0.953. The number of benzene rings is 2. The molecule has 0 spiro atoms. The number of aryl methyl sites for hydroxylation is 1. The predicted octanol–water partition coefficient (Wildman–Crippen LogP) is 4.70. The maximum atomic E-state index is 13.7. The van der Waals surface area contributed by atoms with Gasteiger partial charge in [-0.15, -0.1) is 0 Å². The van der Waals surface area contributed by atoms with Crippen LogP contribution in [-0.2, 0) is 6.42 Å². The molecular weight excluding hydrogens is 244 g/mol. The number of nitrogens with one attached hydrogen (secondary N) is 1. The van der Waals surface area contributed by atoms with Crippen molar-refractivity contribution in [1.82, 2.24) is 0 Å². The van der Waals surface area contributed by atoms with Crippen LogP contribution < -0.4 is 5.32 Å². The Morgan fingerprint density at radius 1 is 1.11 bits per heavy atom. The van der Waals surface area contributed by atoms with Gasteiger partial charge in [-0.1, -0.05) is 25.1 Å². The first-order valence-electron chi connectivity index (χ1n) is 6.40. The number of halogens is 2. The maximum absolute atomic E-state index is 13.7. The van der Waals surface area contributed by atoms with Gasteiger partial charge in [0.2, 0.25) is 0 Å². The second kappa shape index (κ2) is 5.83. The first-order valence-corrected chi connectivity index (χ1v) is 6.40. The summed E-state index contributed by atoms with van der Waals surface area (Å²) in [7, 11) is 0. The number of hydrogen-bond donors (Lipinski definition) is 1. The van der Waals surface area contributed by atoms with E-state index in [2.05, 4.69) is 12.2 Å². The summed E-state index contributed by atoms with van der Waals surface area (Å²) in [5.74, 6) is -1.08. The van der Waals surface area contributed by atoms with Crippen molar-refractivity contribution in [3.8, 4) is 0 Å². The normalized spacial score (nSPS) is 12.2. The summed E-state index contributed by atoms with van der Waals surface area (Å²) in [6.45, 7) is 3.94. The Balaban J connectivity index is 2.17. The highest BCUT2D eigenvalue weighted by molar-refractivity contribution is 5.47. The highest BCUT2D eigenvalue weighted by Gasteiger charge is 2.11. The Hall–Kier alpha value is -1.90. The van der Waals surface area contributed by atoms with Gasteiger partial charge >= 0.3 is 0 Å². The minimum Gasteiger partial charge on any atom is -0.378 e. The zero-order valence-corrected chi connectivity index (χ0v) is 11.1. The zero-order chi connectivity index (χ0) is 13.8. The molecule has 0 saturated heterocycles. The molecule has 0 heterocycles. The topological polar surface area (TPSA) is 12.0 Å². The van der Waals surface area contributed by atoms with Crippen LogP contribution in [0.5, 0.6) is 0 Å². The maximum Gasteiger partial charge on any atom is 0.131 e. The van der Waals surface area contributed by atoms with E-state index in [0.717, 1.165) is 18.2 Å². The van der Waals surface area contributed by atoms with Crippen LogP contribution >= 0.6 is 0 Å². The van der Waals surface area contributed by atoms with E-state index in [4.69, 9.17) is 0 Å². The van der Waals surface area contributed by atoms with Crippen LogP contribution in [0.25, 0.3) is 0 Å². The molecule has 0 aliphatic rings. The third kappa shape index (κ3) is 3.31. The van der Waals surface area contributed by atoms with Crippen LogP contribution in [0, 0.1) is 11.6 Å². The molecule has 0 aliphatic heterocycles. The van der Waals surface area contributed by atoms with Crippen molar-refractivity contribution in [1.29, 1.82) is 0 Å². The smallest absolute Gasteiger partial charge is 0.131 e. The fourth-order valence-electron chi connectivity index (χ4n) is 2.06. The van der Waals surface area contributed by atoms with Gasteiger partial charge < -0.3 is 5.32 Å².